The van der Waals surface area contributed by atoms with Gasteiger partial charge >= 0.3 is 0 Å². The molecule has 0 aliphatic carbocycles. The van der Waals surface area contributed by atoms with Crippen LogP contribution in [0, 0.1) is 0 Å². The van der Waals surface area contributed by atoms with E-state index in [1.807, 2.05) is 38.1 Å². The van der Waals surface area contributed by atoms with Gasteiger partial charge in [-0.1, -0.05) is 32.0 Å². The zero-order valence-corrected chi connectivity index (χ0v) is 10.4. The van der Waals surface area contributed by atoms with Crippen LogP contribution in [0.2, 0.25) is 0 Å². The number of aromatic nitrogens is 1. The molecule has 92 valence electrons. The van der Waals surface area contributed by atoms with Crippen molar-refractivity contribution in [2.24, 2.45) is 0 Å². The first-order valence-electron chi connectivity index (χ1n) is 6.05. The number of rotatable bonds is 1. The number of phenols is 2. The summed E-state index contributed by atoms with van der Waals surface area (Å²) in [5.41, 5.74) is 2.64. The molecule has 2 aromatic carbocycles. The zero-order valence-electron chi connectivity index (χ0n) is 10.4. The molecule has 0 saturated heterocycles. The number of aromatic hydroxyl groups is 2. The molecular weight excluding hydrogens is 226 g/mol. The maximum Gasteiger partial charge on any atom is 0.129 e. The Morgan fingerprint density at radius 1 is 1.06 bits per heavy atom. The van der Waals surface area contributed by atoms with Gasteiger partial charge in [0.1, 0.15) is 11.5 Å². The molecule has 18 heavy (non-hydrogen) atoms. The molecule has 0 unspecified atom stereocenters. The molecule has 3 rings (SSSR count). The van der Waals surface area contributed by atoms with Gasteiger partial charge in [0.2, 0.25) is 0 Å². The van der Waals surface area contributed by atoms with Gasteiger partial charge in [0.05, 0.1) is 5.52 Å². The van der Waals surface area contributed by atoms with Crippen molar-refractivity contribution in [2.45, 2.75) is 19.8 Å². The summed E-state index contributed by atoms with van der Waals surface area (Å²) in [4.78, 5) is 3.29. The number of H-pyrrole nitrogens is 1. The summed E-state index contributed by atoms with van der Waals surface area (Å²) < 4.78 is 0. The molecule has 3 N–H and O–H groups in total. The maximum atomic E-state index is 10.1. The average molecular weight is 241 g/mol. The monoisotopic (exact) mass is 241 g/mol. The Balaban J connectivity index is 2.57. The molecule has 0 aliphatic heterocycles. The molecule has 1 heterocycles. The number of fused-ring (bicyclic) bond motifs is 3. The summed E-state index contributed by atoms with van der Waals surface area (Å²) in [7, 11) is 0. The lowest BCUT2D eigenvalue weighted by Crippen LogP contribution is -1.90. The molecule has 3 nitrogen and oxygen atoms in total. The van der Waals surface area contributed by atoms with Crippen molar-refractivity contribution in [3.05, 3.63) is 35.9 Å². The maximum absolute atomic E-state index is 10.1. The van der Waals surface area contributed by atoms with E-state index in [4.69, 9.17) is 0 Å². The van der Waals surface area contributed by atoms with E-state index in [9.17, 15) is 10.2 Å². The van der Waals surface area contributed by atoms with Gasteiger partial charge in [-0.05, 0) is 12.0 Å². The fourth-order valence-electron chi connectivity index (χ4n) is 2.60. The molecule has 0 amide bonds. The van der Waals surface area contributed by atoms with Gasteiger partial charge in [0.25, 0.3) is 0 Å². The lowest BCUT2D eigenvalue weighted by molar-refractivity contribution is 0.448. The molecule has 0 spiro atoms. The Labute approximate surface area is 105 Å². The largest absolute Gasteiger partial charge is 0.507 e. The number of hydrogen-bond acceptors (Lipinski definition) is 2. The van der Waals surface area contributed by atoms with E-state index in [1.165, 1.54) is 6.07 Å². The van der Waals surface area contributed by atoms with Gasteiger partial charge < -0.3 is 15.2 Å². The second-order valence-corrected chi connectivity index (χ2v) is 4.90. The highest BCUT2D eigenvalue weighted by molar-refractivity contribution is 6.12. The van der Waals surface area contributed by atoms with Crippen molar-refractivity contribution in [2.75, 3.05) is 0 Å². The van der Waals surface area contributed by atoms with Gasteiger partial charge in [-0.3, -0.25) is 0 Å². The predicted molar refractivity (Wildman–Crippen MR) is 73.2 cm³/mol. The Hall–Kier alpha value is -2.16. The van der Waals surface area contributed by atoms with E-state index in [0.29, 0.717) is 0 Å². The highest BCUT2D eigenvalue weighted by atomic mass is 16.3. The standard InChI is InChI=1S/C15H15NO2/c1-8(2)13-11(17)7-12(18)14-9-5-3-4-6-10(9)16-15(13)14/h3-8,16-18H,1-2H3. The number of para-hydroxylation sites is 1. The van der Waals surface area contributed by atoms with Crippen molar-refractivity contribution in [3.8, 4) is 11.5 Å². The number of benzene rings is 2. The fraction of sp³-hybridized carbons (Fsp3) is 0.200. The minimum atomic E-state index is 0.115. The first kappa shape index (κ1) is 11.0. The number of nitrogens with one attached hydrogen (secondary N) is 1. The summed E-state index contributed by atoms with van der Waals surface area (Å²) >= 11 is 0. The van der Waals surface area contributed by atoms with E-state index < -0.39 is 0 Å². The summed E-state index contributed by atoms with van der Waals surface area (Å²) in [5, 5.41) is 21.8. The van der Waals surface area contributed by atoms with Crippen molar-refractivity contribution < 1.29 is 10.2 Å². The van der Waals surface area contributed by atoms with E-state index >= 15 is 0 Å². The number of aromatic amines is 1. The van der Waals surface area contributed by atoms with E-state index in [1.54, 1.807) is 0 Å². The van der Waals surface area contributed by atoms with Crippen molar-refractivity contribution in [1.29, 1.82) is 0 Å². The van der Waals surface area contributed by atoms with Crippen LogP contribution in [0.1, 0.15) is 25.3 Å². The lowest BCUT2D eigenvalue weighted by atomic mass is 9.98. The zero-order chi connectivity index (χ0) is 12.9. The lowest BCUT2D eigenvalue weighted by Gasteiger charge is -2.10. The summed E-state index contributed by atoms with van der Waals surface area (Å²) in [5.74, 6) is 0.437. The van der Waals surface area contributed by atoms with Crippen LogP contribution in [-0.4, -0.2) is 15.2 Å². The first-order chi connectivity index (χ1) is 8.59. The molecular formula is C15H15NO2. The first-order valence-corrected chi connectivity index (χ1v) is 6.05. The van der Waals surface area contributed by atoms with E-state index in [0.717, 1.165) is 27.4 Å². The van der Waals surface area contributed by atoms with Crippen LogP contribution in [0.3, 0.4) is 0 Å². The molecule has 3 heteroatoms. The molecule has 3 aromatic rings. The fourth-order valence-corrected chi connectivity index (χ4v) is 2.60. The van der Waals surface area contributed by atoms with Gasteiger partial charge in [-0.2, -0.15) is 0 Å². The third-order valence-corrected chi connectivity index (χ3v) is 3.36. The van der Waals surface area contributed by atoms with Crippen LogP contribution in [0.15, 0.2) is 30.3 Å². The number of phenolic OH excluding ortho intramolecular Hbond substituents is 2. The molecule has 0 fully saturated rings. The molecule has 0 radical (unpaired) electrons. The van der Waals surface area contributed by atoms with Crippen molar-refractivity contribution in [3.63, 3.8) is 0 Å². The predicted octanol–water partition coefficient (Wildman–Crippen LogP) is 3.86. The molecule has 0 aliphatic rings. The van der Waals surface area contributed by atoms with E-state index in [2.05, 4.69) is 4.98 Å². The van der Waals surface area contributed by atoms with E-state index in [-0.39, 0.29) is 17.4 Å². The highest BCUT2D eigenvalue weighted by Crippen LogP contribution is 2.41. The van der Waals surface area contributed by atoms with Crippen molar-refractivity contribution >= 4 is 21.8 Å². The quantitative estimate of drug-likeness (QED) is 0.606. The number of hydrogen-bond donors (Lipinski definition) is 3. The Bertz CT molecular complexity index is 741. The van der Waals surface area contributed by atoms with Crippen LogP contribution < -0.4 is 0 Å². The highest BCUT2D eigenvalue weighted by Gasteiger charge is 2.17. The molecule has 0 bridgehead atoms. The van der Waals surface area contributed by atoms with Crippen LogP contribution in [0.5, 0.6) is 11.5 Å². The average Bonchev–Trinajstić information content (AvgIpc) is 2.66. The molecule has 0 atom stereocenters. The molecule has 0 saturated carbocycles. The van der Waals surface area contributed by atoms with Gasteiger partial charge in [0.15, 0.2) is 0 Å². The third-order valence-electron chi connectivity index (χ3n) is 3.36. The van der Waals surface area contributed by atoms with Crippen LogP contribution in [0.25, 0.3) is 21.8 Å². The van der Waals surface area contributed by atoms with Gasteiger partial charge in [-0.15, -0.1) is 0 Å². The van der Waals surface area contributed by atoms with Crippen LogP contribution >= 0.6 is 0 Å². The molecule has 1 aromatic heterocycles. The Morgan fingerprint density at radius 3 is 2.50 bits per heavy atom. The second kappa shape index (κ2) is 3.67. The Morgan fingerprint density at radius 2 is 1.78 bits per heavy atom. The normalized spacial score (nSPS) is 11.7. The Kier molecular flexibility index (Phi) is 2.23. The van der Waals surface area contributed by atoms with Gasteiger partial charge in [0, 0.05) is 27.9 Å². The third kappa shape index (κ3) is 1.37. The SMILES string of the molecule is CC(C)c1c(O)cc(O)c2c1[nH]c1ccccc12. The minimum Gasteiger partial charge on any atom is -0.507 e. The summed E-state index contributed by atoms with van der Waals surface area (Å²) in [6.45, 7) is 4.05. The van der Waals surface area contributed by atoms with Crippen molar-refractivity contribution in [1.82, 2.24) is 4.98 Å². The van der Waals surface area contributed by atoms with Gasteiger partial charge in [-0.25, -0.2) is 0 Å². The van der Waals surface area contributed by atoms with Crippen LogP contribution in [-0.2, 0) is 0 Å². The second-order valence-electron chi connectivity index (χ2n) is 4.90. The smallest absolute Gasteiger partial charge is 0.129 e. The summed E-state index contributed by atoms with van der Waals surface area (Å²) in [6, 6.07) is 9.25. The minimum absolute atomic E-state index is 0.115. The van der Waals surface area contributed by atoms with Crippen LogP contribution in [0.4, 0.5) is 0 Å². The topological polar surface area (TPSA) is 56.2 Å². The summed E-state index contributed by atoms with van der Waals surface area (Å²) in [6.07, 6.45) is 0.